The summed E-state index contributed by atoms with van der Waals surface area (Å²) in [4.78, 5) is 28.6. The van der Waals surface area contributed by atoms with E-state index in [-0.39, 0.29) is 41.6 Å². The van der Waals surface area contributed by atoms with Crippen molar-refractivity contribution in [2.75, 3.05) is 18.0 Å². The van der Waals surface area contributed by atoms with Gasteiger partial charge in [-0.3, -0.25) is 14.3 Å². The van der Waals surface area contributed by atoms with E-state index in [4.69, 9.17) is 5.73 Å². The molecule has 2 aliphatic carbocycles. The molecule has 2 heterocycles. The SMILES string of the molecule is Cc1c(N2CC3C=CCC(F)(F)C(N)C3C2)c(F)c(O)c2c(=O)[nH]c(=O)n(C3CC3)c12. The Morgan fingerprint density at radius 2 is 1.97 bits per heavy atom. The third kappa shape index (κ3) is 2.91. The van der Waals surface area contributed by atoms with E-state index in [2.05, 4.69) is 4.98 Å². The van der Waals surface area contributed by atoms with Crippen LogP contribution in [-0.4, -0.2) is 39.7 Å². The highest BCUT2D eigenvalue weighted by atomic mass is 19.3. The first-order valence-corrected chi connectivity index (χ1v) is 10.4. The van der Waals surface area contributed by atoms with E-state index < -0.39 is 47.1 Å². The van der Waals surface area contributed by atoms with Gasteiger partial charge >= 0.3 is 5.69 Å². The standard InChI is InChI=1S/C21H23F3N4O3/c1-9-15-13(19(30)26-20(31)28(15)11-4-5-11)17(29)14(22)16(9)27-7-10-3-2-6-21(23,24)18(25)12(10)8-27/h2-3,10-12,18,29H,4-8,25H2,1H3,(H,26,30,31). The van der Waals surface area contributed by atoms with Gasteiger partial charge in [-0.15, -0.1) is 0 Å². The maximum Gasteiger partial charge on any atom is 0.329 e. The fourth-order valence-electron chi connectivity index (χ4n) is 5.16. The third-order valence-electron chi connectivity index (χ3n) is 6.87. The smallest absolute Gasteiger partial charge is 0.329 e. The number of hydrogen-bond donors (Lipinski definition) is 3. The number of hydrogen-bond acceptors (Lipinski definition) is 5. The molecule has 2 fully saturated rings. The summed E-state index contributed by atoms with van der Waals surface area (Å²) in [6.45, 7) is 1.90. The molecule has 10 heteroatoms. The van der Waals surface area contributed by atoms with Gasteiger partial charge in [-0.1, -0.05) is 12.2 Å². The fraction of sp³-hybridized carbons (Fsp3) is 0.524. The number of nitrogens with one attached hydrogen (secondary N) is 1. The molecule has 3 atom stereocenters. The molecule has 3 aliphatic rings. The van der Waals surface area contributed by atoms with Crippen LogP contribution in [0.25, 0.3) is 10.9 Å². The normalized spacial score (nSPS) is 27.5. The quantitative estimate of drug-likeness (QED) is 0.626. The Kier molecular flexibility index (Phi) is 4.31. The summed E-state index contributed by atoms with van der Waals surface area (Å²) < 4.78 is 45.4. The minimum Gasteiger partial charge on any atom is -0.504 e. The molecule has 0 amide bonds. The van der Waals surface area contributed by atoms with Gasteiger partial charge in [0, 0.05) is 43.0 Å². The molecule has 0 bridgehead atoms. The van der Waals surface area contributed by atoms with Crippen molar-refractivity contribution in [2.45, 2.75) is 44.2 Å². The number of alkyl halides is 2. The first kappa shape index (κ1) is 20.2. The van der Waals surface area contributed by atoms with E-state index in [1.807, 2.05) is 0 Å². The van der Waals surface area contributed by atoms with Crippen LogP contribution in [0.2, 0.25) is 0 Å². The number of nitrogens with zero attached hydrogens (tertiary/aromatic N) is 2. The molecule has 1 saturated carbocycles. The van der Waals surface area contributed by atoms with Crippen molar-refractivity contribution in [3.8, 4) is 5.75 Å². The molecule has 0 radical (unpaired) electrons. The van der Waals surface area contributed by atoms with Gasteiger partial charge in [0.1, 0.15) is 5.39 Å². The Hall–Kier alpha value is -2.75. The lowest BCUT2D eigenvalue weighted by molar-refractivity contribution is -0.0376. The van der Waals surface area contributed by atoms with Crippen LogP contribution in [-0.2, 0) is 0 Å². The zero-order valence-corrected chi connectivity index (χ0v) is 16.9. The highest BCUT2D eigenvalue weighted by Gasteiger charge is 2.48. The summed E-state index contributed by atoms with van der Waals surface area (Å²) in [5.74, 6) is -5.81. The lowest BCUT2D eigenvalue weighted by atomic mass is 9.88. The zero-order valence-electron chi connectivity index (χ0n) is 16.9. The Morgan fingerprint density at radius 1 is 1.26 bits per heavy atom. The van der Waals surface area contributed by atoms with Gasteiger partial charge in [0.05, 0.1) is 17.2 Å². The first-order valence-electron chi connectivity index (χ1n) is 10.4. The van der Waals surface area contributed by atoms with Crippen molar-refractivity contribution >= 4 is 16.6 Å². The first-order chi connectivity index (χ1) is 14.6. The molecule has 31 heavy (non-hydrogen) atoms. The van der Waals surface area contributed by atoms with E-state index in [0.717, 1.165) is 12.8 Å². The Balaban J connectivity index is 1.69. The average molecular weight is 436 g/mol. The number of nitrogens with two attached hydrogens (primary N) is 1. The van der Waals surface area contributed by atoms with Crippen molar-refractivity contribution < 1.29 is 18.3 Å². The molecule has 1 aromatic heterocycles. The van der Waals surface area contributed by atoms with Crippen LogP contribution in [0.3, 0.4) is 0 Å². The molecular weight excluding hydrogens is 413 g/mol. The van der Waals surface area contributed by atoms with E-state index in [0.29, 0.717) is 5.56 Å². The molecule has 7 nitrogen and oxygen atoms in total. The van der Waals surface area contributed by atoms with Crippen LogP contribution in [0.15, 0.2) is 21.7 Å². The minimum atomic E-state index is -3.06. The lowest BCUT2D eigenvalue weighted by Gasteiger charge is -2.28. The summed E-state index contributed by atoms with van der Waals surface area (Å²) in [7, 11) is 0. The van der Waals surface area contributed by atoms with Gasteiger partial charge < -0.3 is 15.7 Å². The van der Waals surface area contributed by atoms with Crippen molar-refractivity contribution in [3.63, 3.8) is 0 Å². The van der Waals surface area contributed by atoms with Gasteiger partial charge in [0.25, 0.3) is 11.5 Å². The molecule has 5 rings (SSSR count). The molecule has 0 spiro atoms. The lowest BCUT2D eigenvalue weighted by Crippen LogP contribution is -2.47. The van der Waals surface area contributed by atoms with Crippen LogP contribution >= 0.6 is 0 Å². The number of H-pyrrole nitrogens is 1. The predicted molar refractivity (Wildman–Crippen MR) is 109 cm³/mol. The minimum absolute atomic E-state index is 0.0152. The summed E-state index contributed by atoms with van der Waals surface area (Å²) in [5.41, 5.74) is 4.94. The second-order valence-electron chi connectivity index (χ2n) is 8.87. The van der Waals surface area contributed by atoms with Gasteiger partial charge in [-0.05, 0) is 19.8 Å². The van der Waals surface area contributed by atoms with Crippen LogP contribution in [0, 0.1) is 24.6 Å². The number of phenolic OH excluding ortho intramolecular Hbond substituents is 1. The zero-order chi connectivity index (χ0) is 22.2. The van der Waals surface area contributed by atoms with E-state index >= 15 is 4.39 Å². The largest absolute Gasteiger partial charge is 0.504 e. The predicted octanol–water partition coefficient (Wildman–Crippen LogP) is 2.15. The molecule has 1 saturated heterocycles. The van der Waals surface area contributed by atoms with Crippen molar-refractivity contribution in [3.05, 3.63) is 44.4 Å². The topological polar surface area (TPSA) is 104 Å². The van der Waals surface area contributed by atoms with E-state index in [1.54, 1.807) is 17.9 Å². The number of benzene rings is 1. The van der Waals surface area contributed by atoms with Crippen LogP contribution in [0.5, 0.6) is 5.75 Å². The Bertz CT molecular complexity index is 1230. The fourth-order valence-corrected chi connectivity index (χ4v) is 5.16. The number of aromatic hydroxyl groups is 1. The van der Waals surface area contributed by atoms with Crippen LogP contribution in [0.1, 0.15) is 30.9 Å². The van der Waals surface area contributed by atoms with Crippen molar-refractivity contribution in [2.24, 2.45) is 17.6 Å². The number of aromatic nitrogens is 2. The van der Waals surface area contributed by atoms with Crippen LogP contribution in [0.4, 0.5) is 18.9 Å². The van der Waals surface area contributed by atoms with Gasteiger partial charge in [0.15, 0.2) is 11.6 Å². The summed E-state index contributed by atoms with van der Waals surface area (Å²) in [6, 6.07) is -1.52. The maximum atomic E-state index is 15.4. The Labute approximate surface area is 175 Å². The van der Waals surface area contributed by atoms with E-state index in [9.17, 15) is 23.5 Å². The number of rotatable bonds is 2. The highest BCUT2D eigenvalue weighted by molar-refractivity contribution is 5.92. The second-order valence-corrected chi connectivity index (χ2v) is 8.87. The molecule has 3 unspecified atom stereocenters. The number of phenols is 1. The molecule has 166 valence electrons. The van der Waals surface area contributed by atoms with Gasteiger partial charge in [0.2, 0.25) is 0 Å². The highest BCUT2D eigenvalue weighted by Crippen LogP contribution is 2.45. The third-order valence-corrected chi connectivity index (χ3v) is 6.87. The number of fused-ring (bicyclic) bond motifs is 2. The molecule has 1 aromatic carbocycles. The summed E-state index contributed by atoms with van der Waals surface area (Å²) in [5, 5.41) is 10.3. The second kappa shape index (κ2) is 6.62. The van der Waals surface area contributed by atoms with Crippen molar-refractivity contribution in [1.29, 1.82) is 0 Å². The maximum absolute atomic E-state index is 15.4. The van der Waals surface area contributed by atoms with E-state index in [1.165, 1.54) is 10.6 Å². The number of allylic oxidation sites excluding steroid dienone is 1. The number of aromatic amines is 1. The number of aryl methyl sites for hydroxylation is 1. The van der Waals surface area contributed by atoms with Crippen molar-refractivity contribution in [1.82, 2.24) is 9.55 Å². The average Bonchev–Trinajstić information content (AvgIpc) is 3.46. The summed E-state index contributed by atoms with van der Waals surface area (Å²) >= 11 is 0. The van der Waals surface area contributed by atoms with Gasteiger partial charge in [-0.25, -0.2) is 18.0 Å². The monoisotopic (exact) mass is 436 g/mol. The molecular formula is C21H23F3N4O3. The number of anilines is 1. The molecule has 4 N–H and O–H groups in total. The number of halogens is 3. The van der Waals surface area contributed by atoms with Crippen LogP contribution < -0.4 is 21.9 Å². The molecule has 1 aliphatic heterocycles. The Morgan fingerprint density at radius 3 is 2.65 bits per heavy atom. The molecule has 2 aromatic rings. The summed E-state index contributed by atoms with van der Waals surface area (Å²) in [6.07, 6.45) is 4.15. The van der Waals surface area contributed by atoms with Gasteiger partial charge in [-0.2, -0.15) is 0 Å².